The molecule has 146 valence electrons. The van der Waals surface area contributed by atoms with E-state index in [4.69, 9.17) is 9.47 Å². The van der Waals surface area contributed by atoms with Crippen molar-refractivity contribution in [2.24, 2.45) is 0 Å². The topological polar surface area (TPSA) is 50.8 Å². The molecular formula is C21H27ClN2O3. The first-order valence-corrected chi connectivity index (χ1v) is 9.19. The lowest BCUT2D eigenvalue weighted by atomic mass is 9.99. The molecule has 1 amide bonds. The fraction of sp³-hybridized carbons (Fsp3) is 0.381. The molecule has 0 bridgehead atoms. The zero-order valence-electron chi connectivity index (χ0n) is 15.8. The third-order valence-corrected chi connectivity index (χ3v) is 4.63. The number of benzene rings is 2. The van der Waals surface area contributed by atoms with Crippen molar-refractivity contribution in [2.75, 3.05) is 26.2 Å². The lowest BCUT2D eigenvalue weighted by Crippen LogP contribution is -2.45. The zero-order valence-corrected chi connectivity index (χ0v) is 16.6. The molecule has 1 aliphatic rings. The molecule has 6 heteroatoms. The van der Waals surface area contributed by atoms with Gasteiger partial charge in [-0.2, -0.15) is 0 Å². The highest BCUT2D eigenvalue weighted by Gasteiger charge is 2.33. The molecule has 1 N–H and O–H groups in total. The highest BCUT2D eigenvalue weighted by Crippen LogP contribution is 2.38. The second-order valence-corrected chi connectivity index (χ2v) is 6.23. The summed E-state index contributed by atoms with van der Waals surface area (Å²) >= 11 is 0. The molecule has 0 fully saturated rings. The second-order valence-electron chi connectivity index (χ2n) is 6.23. The maximum atomic E-state index is 12.6. The van der Waals surface area contributed by atoms with Crippen LogP contribution in [0.4, 0.5) is 0 Å². The van der Waals surface area contributed by atoms with Crippen LogP contribution in [0.5, 0.6) is 5.75 Å². The van der Waals surface area contributed by atoms with Crippen LogP contribution in [0, 0.1) is 0 Å². The molecule has 1 aliphatic heterocycles. The molecule has 2 aromatic rings. The summed E-state index contributed by atoms with van der Waals surface area (Å²) in [5, 5.41) is 2.92. The molecule has 0 saturated heterocycles. The van der Waals surface area contributed by atoms with Crippen LogP contribution in [-0.2, 0) is 9.53 Å². The number of fused-ring (bicyclic) bond motifs is 1. The van der Waals surface area contributed by atoms with Crippen molar-refractivity contribution in [3.8, 4) is 5.75 Å². The average Bonchev–Trinajstić information content (AvgIpc) is 2.71. The highest BCUT2D eigenvalue weighted by atomic mass is 35.5. The number of nitrogens with one attached hydrogen (secondary N) is 1. The summed E-state index contributed by atoms with van der Waals surface area (Å²) in [6.45, 7) is 7.53. The van der Waals surface area contributed by atoms with Crippen molar-refractivity contribution in [1.29, 1.82) is 0 Å². The summed E-state index contributed by atoms with van der Waals surface area (Å²) in [4.78, 5) is 14.8. The van der Waals surface area contributed by atoms with Crippen LogP contribution >= 0.6 is 12.4 Å². The minimum Gasteiger partial charge on any atom is -0.455 e. The van der Waals surface area contributed by atoms with Crippen LogP contribution < -0.4 is 10.1 Å². The van der Waals surface area contributed by atoms with Gasteiger partial charge in [0.25, 0.3) is 12.2 Å². The van der Waals surface area contributed by atoms with Crippen molar-refractivity contribution in [2.45, 2.75) is 26.2 Å². The van der Waals surface area contributed by atoms with E-state index in [1.165, 1.54) is 0 Å². The summed E-state index contributed by atoms with van der Waals surface area (Å²) in [5.41, 5.74) is 1.94. The van der Waals surface area contributed by atoms with E-state index in [-0.39, 0.29) is 24.4 Å². The largest absolute Gasteiger partial charge is 0.455 e. The van der Waals surface area contributed by atoms with E-state index in [0.717, 1.165) is 30.8 Å². The van der Waals surface area contributed by atoms with Crippen LogP contribution in [-0.4, -0.2) is 43.3 Å². The van der Waals surface area contributed by atoms with Gasteiger partial charge in [-0.05, 0) is 24.7 Å². The first-order chi connectivity index (χ1) is 12.7. The average molecular weight is 391 g/mol. The maximum Gasteiger partial charge on any atom is 0.289 e. The number of ether oxygens (including phenoxy) is 2. The first kappa shape index (κ1) is 21.2. The van der Waals surface area contributed by atoms with Crippen molar-refractivity contribution in [3.63, 3.8) is 0 Å². The Bertz CT molecular complexity index is 722. The number of hydrogen-bond acceptors (Lipinski definition) is 4. The Hall–Kier alpha value is -2.08. The Morgan fingerprint density at radius 2 is 1.70 bits per heavy atom. The molecule has 5 nitrogen and oxygen atoms in total. The van der Waals surface area contributed by atoms with Gasteiger partial charge in [0.2, 0.25) is 0 Å². The number of halogens is 1. The predicted molar refractivity (Wildman–Crippen MR) is 108 cm³/mol. The summed E-state index contributed by atoms with van der Waals surface area (Å²) < 4.78 is 11.8. The number of carbonyl (C=O) groups is 1. The summed E-state index contributed by atoms with van der Waals surface area (Å²) in [6, 6.07) is 17.6. The van der Waals surface area contributed by atoms with Gasteiger partial charge >= 0.3 is 0 Å². The van der Waals surface area contributed by atoms with E-state index in [0.29, 0.717) is 12.3 Å². The first-order valence-electron chi connectivity index (χ1n) is 9.19. The molecule has 3 rings (SSSR count). The lowest BCUT2D eigenvalue weighted by molar-refractivity contribution is -0.166. The number of para-hydroxylation sites is 1. The predicted octanol–water partition coefficient (Wildman–Crippen LogP) is 3.39. The lowest BCUT2D eigenvalue weighted by Gasteiger charge is -2.32. The Morgan fingerprint density at radius 1 is 1.04 bits per heavy atom. The van der Waals surface area contributed by atoms with E-state index in [1.54, 1.807) is 0 Å². The minimum atomic E-state index is -0.952. The zero-order chi connectivity index (χ0) is 18.4. The SMILES string of the molecule is CCN(CC)CCNC(=O)C1Oc2ccccc2C(c2ccccc2)O1.Cl. The molecular weight excluding hydrogens is 364 g/mol. The van der Waals surface area contributed by atoms with Crippen molar-refractivity contribution >= 4 is 18.3 Å². The number of likely N-dealkylation sites (N-methyl/N-ethyl adjacent to an activating group) is 1. The maximum absolute atomic E-state index is 12.6. The fourth-order valence-corrected chi connectivity index (χ4v) is 3.11. The van der Waals surface area contributed by atoms with E-state index >= 15 is 0 Å². The third-order valence-electron chi connectivity index (χ3n) is 4.63. The Morgan fingerprint density at radius 3 is 2.41 bits per heavy atom. The standard InChI is InChI=1S/C21H26N2O3.ClH/c1-3-23(4-2)15-14-22-20(24)21-25-18-13-9-8-12-17(18)19(26-21)16-10-6-5-7-11-16;/h5-13,19,21H,3-4,14-15H2,1-2H3,(H,22,24);1H. The quantitative estimate of drug-likeness (QED) is 0.787. The van der Waals surface area contributed by atoms with E-state index in [1.807, 2.05) is 54.6 Å². The van der Waals surface area contributed by atoms with E-state index in [2.05, 4.69) is 24.1 Å². The molecule has 0 radical (unpaired) electrons. The van der Waals surface area contributed by atoms with Gasteiger partial charge < -0.3 is 19.7 Å². The van der Waals surface area contributed by atoms with Gasteiger partial charge in [0.1, 0.15) is 11.9 Å². The Labute approximate surface area is 167 Å². The molecule has 27 heavy (non-hydrogen) atoms. The van der Waals surface area contributed by atoms with E-state index in [9.17, 15) is 4.79 Å². The van der Waals surface area contributed by atoms with Gasteiger partial charge in [-0.25, -0.2) is 0 Å². The van der Waals surface area contributed by atoms with E-state index < -0.39 is 6.29 Å². The normalized spacial score (nSPS) is 18.2. The number of amides is 1. The second kappa shape index (κ2) is 10.3. The Kier molecular flexibility index (Phi) is 8.10. The highest BCUT2D eigenvalue weighted by molar-refractivity contribution is 5.85. The van der Waals surface area contributed by atoms with Gasteiger partial charge in [-0.15, -0.1) is 12.4 Å². The summed E-state index contributed by atoms with van der Waals surface area (Å²) in [7, 11) is 0. The molecule has 2 unspecified atom stereocenters. The van der Waals surface area contributed by atoms with Crippen LogP contribution in [0.25, 0.3) is 0 Å². The van der Waals surface area contributed by atoms with Gasteiger partial charge in [0, 0.05) is 18.7 Å². The number of rotatable bonds is 7. The van der Waals surface area contributed by atoms with Crippen molar-refractivity contribution in [3.05, 3.63) is 65.7 Å². The Balaban J connectivity index is 0.00000261. The number of carbonyl (C=O) groups excluding carboxylic acids is 1. The number of hydrogen-bond donors (Lipinski definition) is 1. The molecule has 2 atom stereocenters. The molecule has 0 spiro atoms. The van der Waals surface area contributed by atoms with Crippen LogP contribution in [0.1, 0.15) is 31.1 Å². The minimum absolute atomic E-state index is 0. The molecule has 1 heterocycles. The molecule has 0 aromatic heterocycles. The van der Waals surface area contributed by atoms with Gasteiger partial charge in [0.05, 0.1) is 0 Å². The molecule has 0 saturated carbocycles. The van der Waals surface area contributed by atoms with Gasteiger partial charge in [-0.1, -0.05) is 62.4 Å². The smallest absolute Gasteiger partial charge is 0.289 e. The molecule has 2 aromatic carbocycles. The third kappa shape index (κ3) is 5.22. The van der Waals surface area contributed by atoms with Gasteiger partial charge in [0.15, 0.2) is 0 Å². The van der Waals surface area contributed by atoms with Crippen molar-refractivity contribution < 1.29 is 14.3 Å². The molecule has 0 aliphatic carbocycles. The fourth-order valence-electron chi connectivity index (χ4n) is 3.11. The monoisotopic (exact) mass is 390 g/mol. The number of nitrogens with zero attached hydrogens (tertiary/aromatic N) is 1. The van der Waals surface area contributed by atoms with Crippen LogP contribution in [0.3, 0.4) is 0 Å². The van der Waals surface area contributed by atoms with Crippen molar-refractivity contribution in [1.82, 2.24) is 10.2 Å². The van der Waals surface area contributed by atoms with Crippen LogP contribution in [0.15, 0.2) is 54.6 Å². The van der Waals surface area contributed by atoms with Crippen LogP contribution in [0.2, 0.25) is 0 Å². The summed E-state index contributed by atoms with van der Waals surface area (Å²) in [6.07, 6.45) is -1.27. The summed E-state index contributed by atoms with van der Waals surface area (Å²) in [5.74, 6) is 0.448. The van der Waals surface area contributed by atoms with Gasteiger partial charge in [-0.3, -0.25) is 4.79 Å².